The van der Waals surface area contributed by atoms with Crippen LogP contribution in [0.15, 0.2) is 30.6 Å². The highest BCUT2D eigenvalue weighted by Gasteiger charge is 2.44. The molecule has 1 aromatic heterocycles. The molecule has 26 heavy (non-hydrogen) atoms. The third-order valence-electron chi connectivity index (χ3n) is 4.55. The molecule has 9 heteroatoms. The Kier molecular flexibility index (Phi) is 4.96. The van der Waals surface area contributed by atoms with Gasteiger partial charge in [0.2, 0.25) is 0 Å². The van der Waals surface area contributed by atoms with E-state index in [1.807, 2.05) is 0 Å². The lowest BCUT2D eigenvalue weighted by atomic mass is 9.96. The van der Waals surface area contributed by atoms with Gasteiger partial charge in [0.25, 0.3) is 5.91 Å². The Balaban J connectivity index is 1.93. The molecule has 136 valence electrons. The summed E-state index contributed by atoms with van der Waals surface area (Å²) in [7, 11) is 0. The normalized spacial score (nSPS) is 16.3. The Bertz CT molecular complexity index is 879. The predicted octanol–water partition coefficient (Wildman–Crippen LogP) is 4.29. The van der Waals surface area contributed by atoms with Crippen LogP contribution in [0.25, 0.3) is 0 Å². The number of amides is 1. The molecule has 0 spiro atoms. The fraction of sp³-hybridized carbons (Fsp3) is 0.353. The van der Waals surface area contributed by atoms with Gasteiger partial charge >= 0.3 is 6.18 Å². The van der Waals surface area contributed by atoms with Crippen molar-refractivity contribution in [1.82, 2.24) is 9.78 Å². The van der Waals surface area contributed by atoms with E-state index in [1.54, 1.807) is 17.1 Å². The van der Waals surface area contributed by atoms with Gasteiger partial charge in [0, 0.05) is 11.9 Å². The molecule has 1 amide bonds. The first kappa shape index (κ1) is 18.7. The molecule has 0 unspecified atom stereocenters. The fourth-order valence-corrected chi connectivity index (χ4v) is 3.64. The van der Waals surface area contributed by atoms with Crippen molar-refractivity contribution in [3.8, 4) is 6.07 Å². The van der Waals surface area contributed by atoms with Crippen LogP contribution in [0.2, 0.25) is 0 Å². The second-order valence-electron chi connectivity index (χ2n) is 6.17. The number of aromatic nitrogens is 2. The van der Waals surface area contributed by atoms with E-state index >= 15 is 0 Å². The highest BCUT2D eigenvalue weighted by molar-refractivity contribution is 14.1. The van der Waals surface area contributed by atoms with Gasteiger partial charge in [-0.2, -0.15) is 23.5 Å². The molecule has 1 N–H and O–H groups in total. The summed E-state index contributed by atoms with van der Waals surface area (Å²) >= 11 is 2.09. The molecule has 1 saturated carbocycles. The van der Waals surface area contributed by atoms with E-state index in [1.165, 1.54) is 12.1 Å². The number of alkyl halides is 3. The maximum Gasteiger partial charge on any atom is 0.417 e. The van der Waals surface area contributed by atoms with Crippen molar-refractivity contribution >= 4 is 34.2 Å². The van der Waals surface area contributed by atoms with Crippen LogP contribution < -0.4 is 5.32 Å². The summed E-state index contributed by atoms with van der Waals surface area (Å²) in [5.41, 5.74) is -2.44. The number of hydrogen-bond acceptors (Lipinski definition) is 3. The van der Waals surface area contributed by atoms with Crippen LogP contribution in [-0.2, 0) is 16.5 Å². The van der Waals surface area contributed by atoms with Crippen molar-refractivity contribution in [1.29, 1.82) is 5.26 Å². The quantitative estimate of drug-likeness (QED) is 0.676. The maximum atomic E-state index is 13.1. The first-order valence-corrected chi connectivity index (χ1v) is 8.97. The molecule has 0 bridgehead atoms. The van der Waals surface area contributed by atoms with Gasteiger partial charge in [-0.05, 0) is 53.6 Å². The number of carbonyl (C=O) groups excluding carboxylic acids is 1. The number of rotatable bonds is 3. The maximum absolute atomic E-state index is 13.1. The van der Waals surface area contributed by atoms with Crippen molar-refractivity contribution in [2.45, 2.75) is 37.4 Å². The molecular weight excluding hydrogens is 460 g/mol. The van der Waals surface area contributed by atoms with Crippen molar-refractivity contribution in [2.75, 3.05) is 5.32 Å². The zero-order chi connectivity index (χ0) is 18.9. The fourth-order valence-electron chi connectivity index (χ4n) is 3.26. The lowest BCUT2D eigenvalue weighted by Gasteiger charge is -2.28. The second kappa shape index (κ2) is 6.90. The summed E-state index contributed by atoms with van der Waals surface area (Å²) < 4.78 is 41.8. The van der Waals surface area contributed by atoms with Gasteiger partial charge in [0.1, 0.15) is 5.54 Å². The predicted molar refractivity (Wildman–Crippen MR) is 96.2 cm³/mol. The van der Waals surface area contributed by atoms with E-state index in [2.05, 4.69) is 33.0 Å². The van der Waals surface area contributed by atoms with Gasteiger partial charge in [-0.25, -0.2) is 0 Å². The van der Waals surface area contributed by atoms with Crippen LogP contribution in [0.5, 0.6) is 0 Å². The summed E-state index contributed by atoms with van der Waals surface area (Å²) in [4.78, 5) is 12.9. The number of benzene rings is 1. The minimum absolute atomic E-state index is 0.00875. The van der Waals surface area contributed by atoms with Crippen LogP contribution >= 0.6 is 22.6 Å². The molecule has 0 aliphatic heterocycles. The number of hydrogen-bond donors (Lipinski definition) is 1. The molecule has 0 radical (unpaired) electrons. The largest absolute Gasteiger partial charge is 0.417 e. The van der Waals surface area contributed by atoms with Gasteiger partial charge in [-0.3, -0.25) is 9.48 Å². The SMILES string of the molecule is N#Cc1ccc(NC(=O)C2(n3cc(I)cn3)CCCC2)cc1C(F)(F)F. The average molecular weight is 474 g/mol. The van der Waals surface area contributed by atoms with Crippen LogP contribution in [0.4, 0.5) is 18.9 Å². The average Bonchev–Trinajstić information content (AvgIpc) is 3.23. The molecule has 0 atom stereocenters. The Morgan fingerprint density at radius 3 is 2.58 bits per heavy atom. The molecule has 2 aromatic rings. The number of nitrogens with one attached hydrogen (secondary N) is 1. The Morgan fingerprint density at radius 2 is 2.04 bits per heavy atom. The molecular formula is C17H14F3IN4O. The summed E-state index contributed by atoms with van der Waals surface area (Å²) in [5, 5.41) is 15.7. The van der Waals surface area contributed by atoms with Gasteiger partial charge in [0.05, 0.1) is 27.0 Å². The van der Waals surface area contributed by atoms with Crippen LogP contribution in [0.1, 0.15) is 36.8 Å². The number of nitriles is 1. The van der Waals surface area contributed by atoms with Crippen LogP contribution in [0, 0.1) is 14.9 Å². The summed E-state index contributed by atoms with van der Waals surface area (Å²) in [6.45, 7) is 0. The molecule has 0 saturated heterocycles. The summed E-state index contributed by atoms with van der Waals surface area (Å²) in [6.07, 6.45) is 1.53. The van der Waals surface area contributed by atoms with E-state index in [4.69, 9.17) is 5.26 Å². The zero-order valence-electron chi connectivity index (χ0n) is 13.5. The smallest absolute Gasteiger partial charge is 0.324 e. The number of halogens is 4. The lowest BCUT2D eigenvalue weighted by molar-refractivity contribution is -0.137. The second-order valence-corrected chi connectivity index (χ2v) is 7.41. The monoisotopic (exact) mass is 474 g/mol. The van der Waals surface area contributed by atoms with Gasteiger partial charge in [0.15, 0.2) is 0 Å². The summed E-state index contributed by atoms with van der Waals surface area (Å²) in [6, 6.07) is 4.70. The van der Waals surface area contributed by atoms with Crippen LogP contribution in [0.3, 0.4) is 0 Å². The van der Waals surface area contributed by atoms with E-state index in [0.717, 1.165) is 28.5 Å². The van der Waals surface area contributed by atoms with Crippen molar-refractivity contribution in [3.05, 3.63) is 45.3 Å². The van der Waals surface area contributed by atoms with E-state index in [9.17, 15) is 18.0 Å². The van der Waals surface area contributed by atoms with Gasteiger partial charge in [-0.15, -0.1) is 0 Å². The number of nitrogens with zero attached hydrogens (tertiary/aromatic N) is 3. The Labute approximate surface area is 161 Å². The molecule has 5 nitrogen and oxygen atoms in total. The molecule has 1 aliphatic carbocycles. The zero-order valence-corrected chi connectivity index (χ0v) is 15.6. The third-order valence-corrected chi connectivity index (χ3v) is 5.10. The Hall–Kier alpha value is -2.09. The minimum atomic E-state index is -4.67. The molecule has 1 aliphatic rings. The minimum Gasteiger partial charge on any atom is -0.324 e. The molecule has 1 fully saturated rings. The number of anilines is 1. The molecule has 1 aromatic carbocycles. The van der Waals surface area contributed by atoms with Crippen molar-refractivity contribution < 1.29 is 18.0 Å². The summed E-state index contributed by atoms with van der Waals surface area (Å²) in [5.74, 6) is -0.396. The van der Waals surface area contributed by atoms with Crippen molar-refractivity contribution in [2.24, 2.45) is 0 Å². The van der Waals surface area contributed by atoms with Crippen LogP contribution in [-0.4, -0.2) is 15.7 Å². The first-order chi connectivity index (χ1) is 12.3. The van der Waals surface area contributed by atoms with E-state index in [0.29, 0.717) is 12.8 Å². The molecule has 3 rings (SSSR count). The third kappa shape index (κ3) is 3.42. The van der Waals surface area contributed by atoms with Gasteiger partial charge in [-0.1, -0.05) is 12.8 Å². The highest BCUT2D eigenvalue weighted by atomic mass is 127. The van der Waals surface area contributed by atoms with E-state index < -0.39 is 28.7 Å². The highest BCUT2D eigenvalue weighted by Crippen LogP contribution is 2.38. The molecule has 1 heterocycles. The number of carbonyl (C=O) groups is 1. The topological polar surface area (TPSA) is 70.7 Å². The first-order valence-electron chi connectivity index (χ1n) is 7.90. The van der Waals surface area contributed by atoms with Crippen molar-refractivity contribution in [3.63, 3.8) is 0 Å². The lowest BCUT2D eigenvalue weighted by Crippen LogP contribution is -2.43. The van der Waals surface area contributed by atoms with E-state index in [-0.39, 0.29) is 5.69 Å². The Morgan fingerprint density at radius 1 is 1.35 bits per heavy atom. The van der Waals surface area contributed by atoms with Gasteiger partial charge < -0.3 is 5.32 Å². The standard InChI is InChI=1S/C17H14F3IN4O/c18-17(19,20)14-7-13(4-3-11(14)8-22)24-15(26)16(5-1-2-6-16)25-10-12(21)9-23-25/h3-4,7,9-10H,1-2,5-6H2,(H,24,26).